The summed E-state index contributed by atoms with van der Waals surface area (Å²) in [5, 5.41) is 8.87. The average molecular weight is 188 g/mol. The molecule has 0 aromatic heterocycles. The van der Waals surface area contributed by atoms with Gasteiger partial charge in [0.15, 0.2) is 5.12 Å². The lowest BCUT2D eigenvalue weighted by Gasteiger charge is -2.36. The minimum absolute atomic E-state index is 0.00234. The molecule has 1 rings (SSSR count). The molecule has 1 aliphatic carbocycles. The quantitative estimate of drug-likeness (QED) is 0.729. The van der Waals surface area contributed by atoms with Crippen molar-refractivity contribution in [2.45, 2.75) is 26.2 Å². The lowest BCUT2D eigenvalue weighted by molar-refractivity contribution is -0.152. The molecule has 0 bridgehead atoms. The van der Waals surface area contributed by atoms with Crippen LogP contribution in [0.3, 0.4) is 0 Å². The summed E-state index contributed by atoms with van der Waals surface area (Å²) in [6.45, 7) is 1.47. The number of carboxylic acid groups (broad SMARTS) is 1. The van der Waals surface area contributed by atoms with Crippen LogP contribution in [0.25, 0.3) is 0 Å². The third-order valence-electron chi connectivity index (χ3n) is 2.32. The molecule has 1 aliphatic rings. The first-order chi connectivity index (χ1) is 5.57. The fourth-order valence-electron chi connectivity index (χ4n) is 1.26. The minimum Gasteiger partial charge on any atom is -0.481 e. The second-order valence-electron chi connectivity index (χ2n) is 3.22. The van der Waals surface area contributed by atoms with E-state index >= 15 is 0 Å². The third-order valence-corrected chi connectivity index (χ3v) is 3.42. The summed E-state index contributed by atoms with van der Waals surface area (Å²) in [4.78, 5) is 21.4. The van der Waals surface area contributed by atoms with Crippen molar-refractivity contribution < 1.29 is 14.7 Å². The fraction of sp³-hybridized carbons (Fsp3) is 0.750. The van der Waals surface area contributed by atoms with Gasteiger partial charge in [0.05, 0.1) is 5.41 Å². The van der Waals surface area contributed by atoms with Gasteiger partial charge in [0.2, 0.25) is 0 Å². The van der Waals surface area contributed by atoms with Crippen LogP contribution in [-0.2, 0) is 9.59 Å². The van der Waals surface area contributed by atoms with Crippen molar-refractivity contribution >= 4 is 22.8 Å². The number of aliphatic carboxylic acids is 1. The van der Waals surface area contributed by atoms with Crippen molar-refractivity contribution in [3.05, 3.63) is 0 Å². The predicted molar refractivity (Wildman–Crippen MR) is 47.1 cm³/mol. The Hall–Kier alpha value is -0.510. The highest BCUT2D eigenvalue weighted by atomic mass is 32.2. The van der Waals surface area contributed by atoms with Crippen LogP contribution < -0.4 is 0 Å². The van der Waals surface area contributed by atoms with E-state index in [-0.39, 0.29) is 5.12 Å². The molecule has 0 unspecified atom stereocenters. The first-order valence-corrected chi connectivity index (χ1v) is 4.92. The van der Waals surface area contributed by atoms with Gasteiger partial charge in [-0.05, 0) is 12.8 Å². The monoisotopic (exact) mass is 188 g/mol. The van der Waals surface area contributed by atoms with Crippen LogP contribution in [0.4, 0.5) is 0 Å². The van der Waals surface area contributed by atoms with Gasteiger partial charge in [0.1, 0.15) is 0 Å². The van der Waals surface area contributed by atoms with Crippen LogP contribution >= 0.6 is 11.8 Å². The van der Waals surface area contributed by atoms with Crippen LogP contribution in [0, 0.1) is 5.41 Å². The Labute approximate surface area is 75.5 Å². The second kappa shape index (κ2) is 3.47. The van der Waals surface area contributed by atoms with E-state index < -0.39 is 11.4 Å². The van der Waals surface area contributed by atoms with Crippen molar-refractivity contribution in [3.63, 3.8) is 0 Å². The van der Waals surface area contributed by atoms with Gasteiger partial charge in [0.25, 0.3) is 0 Å². The molecular formula is C8H12O3S. The number of thioether (sulfide) groups is 1. The maximum absolute atomic E-state index is 10.8. The SMILES string of the molecule is CC(=O)SCC1(C(=O)O)CCC1. The highest BCUT2D eigenvalue weighted by molar-refractivity contribution is 8.13. The molecule has 0 amide bonds. The van der Waals surface area contributed by atoms with Gasteiger partial charge in [-0.15, -0.1) is 0 Å². The standard InChI is InChI=1S/C8H12O3S/c1-6(9)12-5-8(7(10)11)3-2-4-8/h2-5H2,1H3,(H,10,11). The maximum atomic E-state index is 10.8. The van der Waals surface area contributed by atoms with Crippen molar-refractivity contribution in [1.82, 2.24) is 0 Å². The normalized spacial score (nSPS) is 19.8. The zero-order valence-corrected chi connectivity index (χ0v) is 7.82. The third kappa shape index (κ3) is 1.80. The Morgan fingerprint density at radius 3 is 2.33 bits per heavy atom. The summed E-state index contributed by atoms with van der Waals surface area (Å²) in [5.41, 5.74) is -0.587. The minimum atomic E-state index is -0.748. The molecule has 0 saturated heterocycles. The Kier molecular flexibility index (Phi) is 2.77. The van der Waals surface area contributed by atoms with Crippen LogP contribution in [-0.4, -0.2) is 21.9 Å². The van der Waals surface area contributed by atoms with E-state index in [9.17, 15) is 9.59 Å². The van der Waals surface area contributed by atoms with E-state index in [2.05, 4.69) is 0 Å². The highest BCUT2D eigenvalue weighted by Gasteiger charge is 2.44. The van der Waals surface area contributed by atoms with E-state index in [1.165, 1.54) is 6.92 Å². The summed E-state index contributed by atoms with van der Waals surface area (Å²) in [6.07, 6.45) is 2.43. The summed E-state index contributed by atoms with van der Waals surface area (Å²) >= 11 is 1.12. The Morgan fingerprint density at radius 2 is 2.08 bits per heavy atom. The summed E-state index contributed by atoms with van der Waals surface area (Å²) < 4.78 is 0. The molecular weight excluding hydrogens is 176 g/mol. The van der Waals surface area contributed by atoms with E-state index in [4.69, 9.17) is 5.11 Å². The molecule has 12 heavy (non-hydrogen) atoms. The van der Waals surface area contributed by atoms with Gasteiger partial charge < -0.3 is 5.11 Å². The van der Waals surface area contributed by atoms with Gasteiger partial charge in [-0.25, -0.2) is 0 Å². The molecule has 0 aromatic rings. The Balaban J connectivity index is 2.45. The van der Waals surface area contributed by atoms with Crippen LogP contribution in [0.2, 0.25) is 0 Å². The number of hydrogen-bond donors (Lipinski definition) is 1. The van der Waals surface area contributed by atoms with Gasteiger partial charge in [-0.2, -0.15) is 0 Å². The molecule has 1 N–H and O–H groups in total. The first-order valence-electron chi connectivity index (χ1n) is 3.94. The van der Waals surface area contributed by atoms with Gasteiger partial charge in [-0.3, -0.25) is 9.59 Å². The van der Waals surface area contributed by atoms with Gasteiger partial charge >= 0.3 is 5.97 Å². The van der Waals surface area contributed by atoms with Crippen molar-refractivity contribution in [2.75, 3.05) is 5.75 Å². The lowest BCUT2D eigenvalue weighted by Crippen LogP contribution is -2.40. The molecule has 4 heteroatoms. The second-order valence-corrected chi connectivity index (χ2v) is 4.37. The molecule has 68 valence electrons. The van der Waals surface area contributed by atoms with E-state index in [1.54, 1.807) is 0 Å². The van der Waals surface area contributed by atoms with E-state index in [0.29, 0.717) is 5.75 Å². The van der Waals surface area contributed by atoms with Crippen LogP contribution in [0.15, 0.2) is 0 Å². The lowest BCUT2D eigenvalue weighted by atomic mass is 9.70. The van der Waals surface area contributed by atoms with Gasteiger partial charge in [0, 0.05) is 12.7 Å². The molecule has 0 aliphatic heterocycles. The zero-order valence-electron chi connectivity index (χ0n) is 7.00. The van der Waals surface area contributed by atoms with Crippen molar-refractivity contribution in [3.8, 4) is 0 Å². The molecule has 0 spiro atoms. The maximum Gasteiger partial charge on any atom is 0.310 e. The molecule has 1 fully saturated rings. The topological polar surface area (TPSA) is 54.4 Å². The zero-order chi connectivity index (χ0) is 9.19. The van der Waals surface area contributed by atoms with Gasteiger partial charge in [-0.1, -0.05) is 18.2 Å². The highest BCUT2D eigenvalue weighted by Crippen LogP contribution is 2.43. The van der Waals surface area contributed by atoms with Crippen LogP contribution in [0.5, 0.6) is 0 Å². The van der Waals surface area contributed by atoms with Crippen LogP contribution in [0.1, 0.15) is 26.2 Å². The number of rotatable bonds is 3. The summed E-state index contributed by atoms with van der Waals surface area (Å²) in [5.74, 6) is -0.306. The Morgan fingerprint density at radius 1 is 1.50 bits per heavy atom. The van der Waals surface area contributed by atoms with E-state index in [0.717, 1.165) is 31.0 Å². The largest absolute Gasteiger partial charge is 0.481 e. The Bertz CT molecular complexity index is 208. The van der Waals surface area contributed by atoms with Crippen molar-refractivity contribution in [2.24, 2.45) is 5.41 Å². The molecule has 0 aromatic carbocycles. The van der Waals surface area contributed by atoms with E-state index in [1.807, 2.05) is 0 Å². The fourth-order valence-corrected chi connectivity index (χ4v) is 2.15. The average Bonchev–Trinajstić information content (AvgIpc) is 1.83. The molecule has 0 heterocycles. The smallest absolute Gasteiger partial charge is 0.310 e. The molecule has 3 nitrogen and oxygen atoms in total. The molecule has 0 atom stereocenters. The number of carboxylic acids is 1. The summed E-state index contributed by atoms with van der Waals surface area (Å²) in [6, 6.07) is 0. The number of carbonyl (C=O) groups is 2. The summed E-state index contributed by atoms with van der Waals surface area (Å²) in [7, 11) is 0. The molecule has 0 radical (unpaired) electrons. The van der Waals surface area contributed by atoms with Crippen molar-refractivity contribution in [1.29, 1.82) is 0 Å². The predicted octanol–water partition coefficient (Wildman–Crippen LogP) is 1.52. The number of carbonyl (C=O) groups excluding carboxylic acids is 1. The first kappa shape index (κ1) is 9.58. The molecule has 1 saturated carbocycles. The number of hydrogen-bond acceptors (Lipinski definition) is 3.